The Hall–Kier alpha value is -1.47. The van der Waals surface area contributed by atoms with Gasteiger partial charge >= 0.3 is 0 Å². The highest BCUT2D eigenvalue weighted by Gasteiger charge is 2.28. The number of rotatable bonds is 5. The van der Waals surface area contributed by atoms with Gasteiger partial charge in [-0.15, -0.1) is 0 Å². The Labute approximate surface area is 116 Å². The molecule has 7 heteroatoms. The van der Waals surface area contributed by atoms with Crippen LogP contribution in [0.1, 0.15) is 32.3 Å². The minimum Gasteiger partial charge on any atom is -0.378 e. The van der Waals surface area contributed by atoms with Crippen LogP contribution in [0.4, 0.5) is 5.00 Å². The number of anilines is 1. The fraction of sp³-hybridized carbons (Fsp3) is 0.583. The molecule has 2 rings (SSSR count). The zero-order valence-corrected chi connectivity index (χ0v) is 12.6. The molecular formula is C12H18N4O2S. The number of aromatic nitrogens is 3. The summed E-state index contributed by atoms with van der Waals surface area (Å²) in [6.45, 7) is 8.29. The third kappa shape index (κ3) is 2.62. The van der Waals surface area contributed by atoms with Crippen LogP contribution in [0.25, 0.3) is 11.5 Å². The summed E-state index contributed by atoms with van der Waals surface area (Å²) < 4.78 is 15.3. The molecule has 0 saturated heterocycles. The maximum absolute atomic E-state index is 5.62. The number of hydrogen-bond donors (Lipinski definition) is 1. The standard InChI is InChI=1S/C12H18N4O2S/c1-6-17-12(3,4)11-14-9(18-15-11)8-7(2)16-19-10(8)13-5/h13H,6H2,1-5H3. The van der Waals surface area contributed by atoms with Gasteiger partial charge in [-0.25, -0.2) is 0 Å². The Kier molecular flexibility index (Phi) is 3.86. The number of nitrogens with zero attached hydrogens (tertiary/aromatic N) is 3. The molecule has 0 aliphatic carbocycles. The van der Waals surface area contributed by atoms with Gasteiger partial charge in [0.05, 0.1) is 11.3 Å². The van der Waals surface area contributed by atoms with Gasteiger partial charge in [-0.2, -0.15) is 9.36 Å². The van der Waals surface area contributed by atoms with Crippen molar-refractivity contribution >= 4 is 16.5 Å². The van der Waals surface area contributed by atoms with E-state index in [0.717, 1.165) is 16.3 Å². The summed E-state index contributed by atoms with van der Waals surface area (Å²) in [4.78, 5) is 4.44. The molecule has 2 aromatic rings. The van der Waals surface area contributed by atoms with E-state index in [1.54, 1.807) is 0 Å². The molecule has 104 valence electrons. The van der Waals surface area contributed by atoms with Crippen molar-refractivity contribution in [1.82, 2.24) is 14.5 Å². The van der Waals surface area contributed by atoms with Crippen LogP contribution in [0.5, 0.6) is 0 Å². The van der Waals surface area contributed by atoms with Crippen LogP contribution in [0.15, 0.2) is 4.52 Å². The van der Waals surface area contributed by atoms with E-state index in [1.165, 1.54) is 11.5 Å². The van der Waals surface area contributed by atoms with E-state index >= 15 is 0 Å². The van der Waals surface area contributed by atoms with Gasteiger partial charge in [0.1, 0.15) is 10.6 Å². The van der Waals surface area contributed by atoms with E-state index in [1.807, 2.05) is 34.7 Å². The number of hydrogen-bond acceptors (Lipinski definition) is 7. The summed E-state index contributed by atoms with van der Waals surface area (Å²) in [5.74, 6) is 1.01. The fourth-order valence-corrected chi connectivity index (χ4v) is 2.52. The number of aryl methyl sites for hydroxylation is 1. The molecule has 0 bridgehead atoms. The Morgan fingerprint density at radius 1 is 1.42 bits per heavy atom. The molecule has 0 amide bonds. The molecule has 1 N–H and O–H groups in total. The highest BCUT2D eigenvalue weighted by molar-refractivity contribution is 7.10. The summed E-state index contributed by atoms with van der Waals surface area (Å²) in [6, 6.07) is 0. The lowest BCUT2D eigenvalue weighted by Crippen LogP contribution is -2.23. The zero-order chi connectivity index (χ0) is 14.0. The Bertz CT molecular complexity index is 562. The third-order valence-electron chi connectivity index (χ3n) is 2.77. The molecule has 0 unspecified atom stereocenters. The largest absolute Gasteiger partial charge is 0.378 e. The maximum Gasteiger partial charge on any atom is 0.262 e. The van der Waals surface area contributed by atoms with Crippen molar-refractivity contribution in [2.75, 3.05) is 19.0 Å². The first-order chi connectivity index (χ1) is 8.99. The van der Waals surface area contributed by atoms with Gasteiger partial charge in [-0.05, 0) is 39.2 Å². The average Bonchev–Trinajstić information content (AvgIpc) is 2.95. The minimum atomic E-state index is -0.562. The first kappa shape index (κ1) is 14.0. The molecule has 0 aromatic carbocycles. The molecule has 0 fully saturated rings. The van der Waals surface area contributed by atoms with Crippen molar-refractivity contribution in [1.29, 1.82) is 0 Å². The van der Waals surface area contributed by atoms with Crippen molar-refractivity contribution in [3.8, 4) is 11.5 Å². The van der Waals surface area contributed by atoms with E-state index in [9.17, 15) is 0 Å². The molecule has 0 saturated carbocycles. The van der Waals surface area contributed by atoms with Gasteiger partial charge in [0, 0.05) is 13.7 Å². The van der Waals surface area contributed by atoms with E-state index in [4.69, 9.17) is 9.26 Å². The van der Waals surface area contributed by atoms with Crippen molar-refractivity contribution in [2.45, 2.75) is 33.3 Å². The van der Waals surface area contributed by atoms with E-state index in [2.05, 4.69) is 19.8 Å². The van der Waals surface area contributed by atoms with Crippen LogP contribution < -0.4 is 5.32 Å². The Morgan fingerprint density at radius 2 is 2.16 bits per heavy atom. The van der Waals surface area contributed by atoms with Crippen molar-refractivity contribution in [3.05, 3.63) is 11.5 Å². The Morgan fingerprint density at radius 3 is 2.79 bits per heavy atom. The Balaban J connectivity index is 2.38. The molecule has 19 heavy (non-hydrogen) atoms. The van der Waals surface area contributed by atoms with Gasteiger partial charge in [0.25, 0.3) is 5.89 Å². The van der Waals surface area contributed by atoms with Crippen molar-refractivity contribution in [3.63, 3.8) is 0 Å². The van der Waals surface area contributed by atoms with Crippen LogP contribution in [-0.2, 0) is 10.3 Å². The van der Waals surface area contributed by atoms with Gasteiger partial charge in [0.15, 0.2) is 0 Å². The maximum atomic E-state index is 5.62. The molecule has 0 aliphatic rings. The van der Waals surface area contributed by atoms with Crippen LogP contribution in [0.2, 0.25) is 0 Å². The van der Waals surface area contributed by atoms with Crippen LogP contribution in [0, 0.1) is 6.92 Å². The van der Waals surface area contributed by atoms with Crippen molar-refractivity contribution < 1.29 is 9.26 Å². The van der Waals surface area contributed by atoms with Crippen LogP contribution in [-0.4, -0.2) is 28.2 Å². The van der Waals surface area contributed by atoms with E-state index < -0.39 is 5.60 Å². The van der Waals surface area contributed by atoms with E-state index in [-0.39, 0.29) is 0 Å². The minimum absolute atomic E-state index is 0.471. The van der Waals surface area contributed by atoms with Gasteiger partial charge in [-0.3, -0.25) is 0 Å². The summed E-state index contributed by atoms with van der Waals surface area (Å²) in [7, 11) is 1.85. The van der Waals surface area contributed by atoms with E-state index in [0.29, 0.717) is 18.3 Å². The zero-order valence-electron chi connectivity index (χ0n) is 11.8. The lowest BCUT2D eigenvalue weighted by atomic mass is 10.1. The summed E-state index contributed by atoms with van der Waals surface area (Å²) in [6.07, 6.45) is 0. The molecule has 6 nitrogen and oxygen atoms in total. The molecule has 2 aromatic heterocycles. The van der Waals surface area contributed by atoms with Gasteiger partial charge < -0.3 is 14.6 Å². The first-order valence-electron chi connectivity index (χ1n) is 6.12. The lowest BCUT2D eigenvalue weighted by Gasteiger charge is -2.19. The summed E-state index contributed by atoms with van der Waals surface area (Å²) in [5, 5.41) is 8.02. The number of ether oxygens (including phenoxy) is 1. The summed E-state index contributed by atoms with van der Waals surface area (Å²) in [5.41, 5.74) is 1.17. The normalized spacial score (nSPS) is 11.8. The monoisotopic (exact) mass is 282 g/mol. The third-order valence-corrected chi connectivity index (χ3v) is 3.73. The lowest BCUT2D eigenvalue weighted by molar-refractivity contribution is -0.0221. The topological polar surface area (TPSA) is 73.1 Å². The highest BCUT2D eigenvalue weighted by Crippen LogP contribution is 2.34. The fourth-order valence-electron chi connectivity index (χ4n) is 1.79. The van der Waals surface area contributed by atoms with Crippen molar-refractivity contribution in [2.24, 2.45) is 0 Å². The SMILES string of the molecule is CCOC(C)(C)c1noc(-c2c(C)nsc2NC)n1. The predicted molar refractivity (Wildman–Crippen MR) is 74.3 cm³/mol. The van der Waals surface area contributed by atoms with Crippen LogP contribution in [0.3, 0.4) is 0 Å². The average molecular weight is 282 g/mol. The predicted octanol–water partition coefficient (Wildman–Crippen LogP) is 2.81. The second-order valence-corrected chi connectivity index (χ2v) is 5.36. The highest BCUT2D eigenvalue weighted by atomic mass is 32.1. The first-order valence-corrected chi connectivity index (χ1v) is 6.89. The second-order valence-electron chi connectivity index (χ2n) is 4.59. The smallest absolute Gasteiger partial charge is 0.262 e. The molecule has 0 atom stereocenters. The van der Waals surface area contributed by atoms with Crippen LogP contribution >= 0.6 is 11.5 Å². The quantitative estimate of drug-likeness (QED) is 0.909. The number of nitrogens with one attached hydrogen (secondary N) is 1. The summed E-state index contributed by atoms with van der Waals surface area (Å²) >= 11 is 1.38. The second kappa shape index (κ2) is 5.26. The molecule has 0 radical (unpaired) electrons. The molecule has 0 spiro atoms. The van der Waals surface area contributed by atoms with Gasteiger partial charge in [0.2, 0.25) is 5.82 Å². The molecule has 2 heterocycles. The molecule has 0 aliphatic heterocycles. The van der Waals surface area contributed by atoms with Gasteiger partial charge in [-0.1, -0.05) is 5.16 Å². The molecular weight excluding hydrogens is 264 g/mol.